The van der Waals surface area contributed by atoms with Gasteiger partial charge in [-0.25, -0.2) is 0 Å². The van der Waals surface area contributed by atoms with E-state index in [1.807, 2.05) is 0 Å². The van der Waals surface area contributed by atoms with Crippen LogP contribution in [-0.4, -0.2) is 22.9 Å². The van der Waals surface area contributed by atoms with E-state index >= 15 is 0 Å². The second kappa shape index (κ2) is 2.24. The van der Waals surface area contributed by atoms with Gasteiger partial charge >= 0.3 is 13.8 Å². The molecule has 3 nitrogen and oxygen atoms in total. The van der Waals surface area contributed by atoms with Crippen LogP contribution in [0.15, 0.2) is 0 Å². The zero-order valence-corrected chi connectivity index (χ0v) is 4.22. The number of aliphatic hydroxyl groups is 2. The maximum Gasteiger partial charge on any atom is 0.397 e. The van der Waals surface area contributed by atoms with E-state index in [0.29, 0.717) is 0 Å². The fraction of sp³-hybridized carbons (Fsp3) is 1.00. The van der Waals surface area contributed by atoms with Gasteiger partial charge < -0.3 is 10.2 Å². The van der Waals surface area contributed by atoms with Crippen molar-refractivity contribution in [1.82, 2.24) is 0 Å². The Morgan fingerprint density at radius 2 is 1.83 bits per heavy atom. The van der Waals surface area contributed by atoms with E-state index in [1.54, 1.807) is 0 Å². The molecule has 0 radical (unpaired) electrons. The van der Waals surface area contributed by atoms with Gasteiger partial charge in [-0.2, -0.15) is 0 Å². The maximum absolute atomic E-state index is 9.79. The molecule has 0 aliphatic carbocycles. The van der Waals surface area contributed by atoms with Crippen LogP contribution in [-0.2, 0) is 4.57 Å². The first-order valence-corrected chi connectivity index (χ1v) is 3.18. The lowest BCUT2D eigenvalue weighted by Gasteiger charge is -1.77. The van der Waals surface area contributed by atoms with E-state index in [4.69, 9.17) is 10.2 Å². The first-order valence-electron chi connectivity index (χ1n) is 1.40. The van der Waals surface area contributed by atoms with Gasteiger partial charge in [-0.3, -0.25) is 0 Å². The second-order valence-electron chi connectivity index (χ2n) is 0.893. The largest absolute Gasteiger partial charge is 0.397 e. The Morgan fingerprint density at radius 1 is 1.67 bits per heavy atom. The number of rotatable bonds is 1. The molecule has 0 fully saturated rings. The van der Waals surface area contributed by atoms with Crippen LogP contribution in [0.25, 0.3) is 0 Å². The fourth-order valence-electron chi connectivity index (χ4n) is 0. The van der Waals surface area contributed by atoms with Gasteiger partial charge in [0.05, 0.1) is 0 Å². The molecule has 2 N–H and O–H groups in total. The summed E-state index contributed by atoms with van der Waals surface area (Å²) in [7, 11) is -1.80. The van der Waals surface area contributed by atoms with Crippen molar-refractivity contribution in [3.63, 3.8) is 0 Å². The molecule has 0 heterocycles. The number of hydrogen-bond acceptors (Lipinski definition) is 3. The summed E-state index contributed by atoms with van der Waals surface area (Å²) < 4.78 is 9.79. The van der Waals surface area contributed by atoms with E-state index in [1.165, 1.54) is 6.66 Å². The van der Waals surface area contributed by atoms with Crippen LogP contribution in [0.4, 0.5) is 0 Å². The molecule has 6 heavy (non-hydrogen) atoms. The van der Waals surface area contributed by atoms with Gasteiger partial charge in [0, 0.05) is 0 Å². The van der Waals surface area contributed by atoms with Crippen LogP contribution < -0.4 is 0 Å². The average Bonchev–Trinajstić information content (AvgIpc) is 1.36. The van der Waals surface area contributed by atoms with Gasteiger partial charge in [-0.15, -0.1) is 0 Å². The van der Waals surface area contributed by atoms with Crippen LogP contribution in [0.1, 0.15) is 0 Å². The first-order chi connectivity index (χ1) is 2.64. The highest BCUT2D eigenvalue weighted by atomic mass is 31.1. The first kappa shape index (κ1) is 6.02. The summed E-state index contributed by atoms with van der Waals surface area (Å²) in [5.74, 6) is 0. The minimum atomic E-state index is -1.80. The predicted octanol–water partition coefficient (Wildman–Crippen LogP) is -0.288. The summed E-state index contributed by atoms with van der Waals surface area (Å²) in [6, 6.07) is -1.64. The SMILES string of the molecule is C[P+](=O)C(O)O. The third-order valence-electron chi connectivity index (χ3n) is 0.325. The van der Waals surface area contributed by atoms with Crippen molar-refractivity contribution in [3.8, 4) is 0 Å². The molecular weight excluding hydrogens is 103 g/mol. The van der Waals surface area contributed by atoms with Gasteiger partial charge in [0.15, 0.2) is 0 Å². The van der Waals surface area contributed by atoms with Crippen molar-refractivity contribution in [2.75, 3.05) is 6.66 Å². The summed E-state index contributed by atoms with van der Waals surface area (Å²) in [6.07, 6.45) is 0. The molecule has 0 amide bonds. The molecule has 1 atom stereocenters. The third-order valence-corrected chi connectivity index (χ3v) is 0.976. The molecule has 0 aromatic rings. The van der Waals surface area contributed by atoms with Crippen molar-refractivity contribution >= 4 is 7.80 Å². The van der Waals surface area contributed by atoms with Crippen LogP contribution in [0.5, 0.6) is 0 Å². The van der Waals surface area contributed by atoms with Crippen LogP contribution >= 0.6 is 7.80 Å². The average molecular weight is 109 g/mol. The molecular formula is C2H6O3P+. The van der Waals surface area contributed by atoms with Gasteiger partial charge in [-0.1, -0.05) is 4.57 Å². The summed E-state index contributed by atoms with van der Waals surface area (Å²) >= 11 is 0. The van der Waals surface area contributed by atoms with Crippen molar-refractivity contribution in [3.05, 3.63) is 0 Å². The Balaban J connectivity index is 3.26. The molecule has 0 aromatic heterocycles. The van der Waals surface area contributed by atoms with Gasteiger partial charge in [0.1, 0.15) is 6.66 Å². The van der Waals surface area contributed by atoms with E-state index in [0.717, 1.165) is 0 Å². The Hall–Kier alpha value is 0.0200. The third kappa shape index (κ3) is 2.27. The lowest BCUT2D eigenvalue weighted by atomic mass is 11.5. The molecule has 0 aliphatic rings. The molecule has 1 unspecified atom stereocenters. The van der Waals surface area contributed by atoms with E-state index in [-0.39, 0.29) is 0 Å². The molecule has 4 heteroatoms. The van der Waals surface area contributed by atoms with Crippen molar-refractivity contribution in [1.29, 1.82) is 0 Å². The predicted molar refractivity (Wildman–Crippen MR) is 21.8 cm³/mol. The van der Waals surface area contributed by atoms with Crippen molar-refractivity contribution in [2.24, 2.45) is 0 Å². The minimum absolute atomic E-state index is 1.25. The number of hydrogen-bond donors (Lipinski definition) is 2. The standard InChI is InChI=1S/C2H6O3P/c1-6(5)2(3)4/h2-4H,1H3/q+1. The molecule has 0 bridgehead atoms. The van der Waals surface area contributed by atoms with Crippen molar-refractivity contribution in [2.45, 2.75) is 6.03 Å². The topological polar surface area (TPSA) is 57.5 Å². The summed E-state index contributed by atoms with van der Waals surface area (Å²) in [6.45, 7) is 1.25. The molecule has 0 saturated carbocycles. The summed E-state index contributed by atoms with van der Waals surface area (Å²) in [4.78, 5) is 0. The van der Waals surface area contributed by atoms with Crippen LogP contribution in [0.3, 0.4) is 0 Å². The van der Waals surface area contributed by atoms with Gasteiger partial charge in [-0.05, 0) is 0 Å². The molecule has 36 valence electrons. The zero-order chi connectivity index (χ0) is 5.15. The Morgan fingerprint density at radius 3 is 1.83 bits per heavy atom. The van der Waals surface area contributed by atoms with Crippen molar-refractivity contribution < 1.29 is 14.8 Å². The Labute approximate surface area is 36.4 Å². The molecule has 0 aliphatic heterocycles. The molecule has 0 spiro atoms. The quantitative estimate of drug-likeness (QED) is 0.359. The second-order valence-corrected chi connectivity index (χ2v) is 2.45. The lowest BCUT2D eigenvalue weighted by Crippen LogP contribution is -1.93. The zero-order valence-electron chi connectivity index (χ0n) is 3.33. The van der Waals surface area contributed by atoms with Gasteiger partial charge in [0.25, 0.3) is 0 Å². The molecule has 0 aromatic carbocycles. The molecule has 0 saturated heterocycles. The van der Waals surface area contributed by atoms with E-state index in [2.05, 4.69) is 0 Å². The van der Waals surface area contributed by atoms with E-state index in [9.17, 15) is 4.57 Å². The Kier molecular flexibility index (Phi) is 2.25. The summed E-state index contributed by atoms with van der Waals surface area (Å²) in [5, 5.41) is 15.8. The monoisotopic (exact) mass is 109 g/mol. The smallest absolute Gasteiger partial charge is 0.329 e. The lowest BCUT2D eigenvalue weighted by molar-refractivity contribution is 0.0326. The molecule has 0 rings (SSSR count). The maximum atomic E-state index is 9.79. The van der Waals surface area contributed by atoms with Crippen LogP contribution in [0.2, 0.25) is 0 Å². The van der Waals surface area contributed by atoms with E-state index < -0.39 is 13.8 Å². The highest BCUT2D eigenvalue weighted by Gasteiger charge is 2.15. The normalized spacial score (nSPS) is 12.3. The van der Waals surface area contributed by atoms with Crippen LogP contribution in [0, 0.1) is 0 Å². The minimum Gasteiger partial charge on any atom is -0.329 e. The number of aliphatic hydroxyl groups excluding tert-OH is 1. The highest BCUT2D eigenvalue weighted by molar-refractivity contribution is 7.44. The summed E-state index contributed by atoms with van der Waals surface area (Å²) in [5.41, 5.74) is 0. The van der Waals surface area contributed by atoms with Gasteiger partial charge in [0.2, 0.25) is 0 Å². The Bertz CT molecular complexity index is 59.8. The fourth-order valence-corrected chi connectivity index (χ4v) is 0. The highest BCUT2D eigenvalue weighted by Crippen LogP contribution is 2.16.